The molecule has 0 aliphatic carbocycles. The van der Waals surface area contributed by atoms with Crippen LogP contribution in [0.2, 0.25) is 0 Å². The Morgan fingerprint density at radius 3 is 1.91 bits per heavy atom. The van der Waals surface area contributed by atoms with Crippen LogP contribution in [0, 0.1) is 5.92 Å². The lowest BCUT2D eigenvalue weighted by molar-refractivity contribution is -0.143. The molecule has 1 aromatic heterocycles. The van der Waals surface area contributed by atoms with Gasteiger partial charge in [0.15, 0.2) is 0 Å². The van der Waals surface area contributed by atoms with Crippen molar-refractivity contribution >= 4 is 5.95 Å². The molecular formula is C28H31F9N6. The lowest BCUT2D eigenvalue weighted by Crippen LogP contribution is -2.36. The van der Waals surface area contributed by atoms with E-state index < -0.39 is 41.8 Å². The number of nitrogens with zero attached hydrogens (tertiary/aromatic N) is 6. The van der Waals surface area contributed by atoms with Gasteiger partial charge in [-0.05, 0) is 90.5 Å². The minimum Gasteiger partial charge on any atom is -0.330 e. The van der Waals surface area contributed by atoms with E-state index in [1.165, 1.54) is 18.0 Å². The number of hydrogen-bond acceptors (Lipinski definition) is 5. The molecule has 43 heavy (non-hydrogen) atoms. The minimum atomic E-state index is -5.07. The van der Waals surface area contributed by atoms with Gasteiger partial charge in [-0.15, -0.1) is 5.10 Å². The van der Waals surface area contributed by atoms with Crippen molar-refractivity contribution in [2.24, 2.45) is 13.0 Å². The van der Waals surface area contributed by atoms with Gasteiger partial charge in [0, 0.05) is 19.1 Å². The van der Waals surface area contributed by atoms with Gasteiger partial charge >= 0.3 is 18.5 Å². The van der Waals surface area contributed by atoms with Crippen LogP contribution < -0.4 is 4.90 Å². The van der Waals surface area contributed by atoms with Crippen molar-refractivity contribution in [1.29, 1.82) is 0 Å². The third-order valence-corrected chi connectivity index (χ3v) is 7.64. The number of anilines is 1. The molecule has 4 rings (SSSR count). The number of hydrogen-bond donors (Lipinski definition) is 0. The molecule has 1 atom stereocenters. The summed E-state index contributed by atoms with van der Waals surface area (Å²) in [7, 11) is 1.40. The minimum absolute atomic E-state index is 0.0185. The van der Waals surface area contributed by atoms with Crippen molar-refractivity contribution in [3.8, 4) is 0 Å². The molecular weight excluding hydrogens is 591 g/mol. The molecule has 236 valence electrons. The number of aromatic nitrogens is 4. The van der Waals surface area contributed by atoms with E-state index in [0.717, 1.165) is 42.9 Å². The molecule has 0 radical (unpaired) electrons. The number of alkyl halides is 9. The zero-order valence-corrected chi connectivity index (χ0v) is 23.7. The Balaban J connectivity index is 1.80. The van der Waals surface area contributed by atoms with Gasteiger partial charge in [0.1, 0.15) is 0 Å². The first-order chi connectivity index (χ1) is 20.0. The van der Waals surface area contributed by atoms with E-state index in [2.05, 4.69) is 27.2 Å². The summed E-state index contributed by atoms with van der Waals surface area (Å²) in [4.78, 5) is 4.46. The van der Waals surface area contributed by atoms with E-state index in [9.17, 15) is 39.5 Å². The Kier molecular flexibility index (Phi) is 9.33. The fraction of sp³-hybridized carbons (Fsp3) is 0.536. The van der Waals surface area contributed by atoms with Crippen LogP contribution in [0.4, 0.5) is 45.5 Å². The summed E-state index contributed by atoms with van der Waals surface area (Å²) in [5.41, 5.74) is -3.53. The Morgan fingerprint density at radius 2 is 1.42 bits per heavy atom. The second kappa shape index (κ2) is 12.3. The molecule has 1 aliphatic heterocycles. The number of likely N-dealkylation sites (tertiary alicyclic amines) is 1. The molecule has 0 bridgehead atoms. The Hall–Kier alpha value is -3.36. The fourth-order valence-electron chi connectivity index (χ4n) is 5.39. The van der Waals surface area contributed by atoms with Crippen molar-refractivity contribution in [2.45, 2.75) is 70.8 Å². The maximum atomic E-state index is 13.8. The normalized spacial score (nSPS) is 16.5. The van der Waals surface area contributed by atoms with Crippen LogP contribution in [0.5, 0.6) is 0 Å². The first-order valence-corrected chi connectivity index (χ1v) is 13.7. The second-order valence-electron chi connectivity index (χ2n) is 10.9. The van der Waals surface area contributed by atoms with E-state index in [1.54, 1.807) is 0 Å². The molecule has 1 aliphatic rings. The summed E-state index contributed by atoms with van der Waals surface area (Å²) in [5.74, 6) is 0.338. The van der Waals surface area contributed by atoms with Crippen LogP contribution in [0.25, 0.3) is 0 Å². The highest BCUT2D eigenvalue weighted by Gasteiger charge is 2.38. The van der Waals surface area contributed by atoms with Crippen LogP contribution in [0.15, 0.2) is 36.4 Å². The van der Waals surface area contributed by atoms with E-state index in [1.807, 2.05) is 6.92 Å². The largest absolute Gasteiger partial charge is 0.416 e. The summed E-state index contributed by atoms with van der Waals surface area (Å²) >= 11 is 0. The fourth-order valence-corrected chi connectivity index (χ4v) is 5.39. The summed E-state index contributed by atoms with van der Waals surface area (Å²) in [6, 6.07) is 4.28. The molecule has 1 fully saturated rings. The smallest absolute Gasteiger partial charge is 0.330 e. The average molecular weight is 623 g/mol. The molecule has 15 heteroatoms. The third kappa shape index (κ3) is 7.98. The van der Waals surface area contributed by atoms with Crippen molar-refractivity contribution in [3.63, 3.8) is 0 Å². The highest BCUT2D eigenvalue weighted by Crippen LogP contribution is 2.39. The topological polar surface area (TPSA) is 50.1 Å². The molecule has 1 unspecified atom stereocenters. The van der Waals surface area contributed by atoms with Gasteiger partial charge in [-0.25, -0.2) is 0 Å². The van der Waals surface area contributed by atoms with E-state index >= 15 is 0 Å². The van der Waals surface area contributed by atoms with Gasteiger partial charge in [0.2, 0.25) is 0 Å². The van der Waals surface area contributed by atoms with E-state index in [-0.39, 0.29) is 35.7 Å². The molecule has 1 saturated heterocycles. The standard InChI is InChI=1S/C28H31F9N6/c1-4-24(42-9-7-17(2)8-10-42)23-6-5-20(26(29,30)31)13-19(23)16-43(25-38-40-41(3)39-25)15-18-11-21(27(32,33)34)14-22(12-18)28(35,36)37/h5-6,11-14,17,24H,4,7-10,15-16H2,1-3H3. The maximum absolute atomic E-state index is 13.8. The van der Waals surface area contributed by atoms with Crippen molar-refractivity contribution in [1.82, 2.24) is 25.1 Å². The number of rotatable bonds is 8. The third-order valence-electron chi connectivity index (χ3n) is 7.64. The van der Waals surface area contributed by atoms with Crippen molar-refractivity contribution < 1.29 is 39.5 Å². The highest BCUT2D eigenvalue weighted by atomic mass is 19.4. The molecule has 0 N–H and O–H groups in total. The molecule has 0 saturated carbocycles. The van der Waals surface area contributed by atoms with Gasteiger partial charge < -0.3 is 4.90 Å². The van der Waals surface area contributed by atoms with Gasteiger partial charge in [0.05, 0.1) is 23.7 Å². The van der Waals surface area contributed by atoms with Crippen molar-refractivity contribution in [3.05, 3.63) is 69.8 Å². The Labute approximate surface area is 242 Å². The Morgan fingerprint density at radius 1 is 0.837 bits per heavy atom. The molecule has 0 spiro atoms. The number of benzene rings is 2. The first kappa shape index (κ1) is 32.6. The first-order valence-electron chi connectivity index (χ1n) is 13.7. The summed E-state index contributed by atoms with van der Waals surface area (Å²) in [6.45, 7) is 4.62. The number of piperidine rings is 1. The van der Waals surface area contributed by atoms with Gasteiger partial charge in [-0.3, -0.25) is 4.90 Å². The van der Waals surface area contributed by atoms with Crippen LogP contribution in [-0.4, -0.2) is 38.2 Å². The summed E-state index contributed by atoms with van der Waals surface area (Å²) in [6.07, 6.45) is -12.4. The number of aryl methyl sites for hydroxylation is 1. The van der Waals surface area contributed by atoms with E-state index in [4.69, 9.17) is 0 Å². The van der Waals surface area contributed by atoms with Crippen LogP contribution in [-0.2, 0) is 38.7 Å². The lowest BCUT2D eigenvalue weighted by Gasteiger charge is -2.38. The van der Waals surface area contributed by atoms with Crippen LogP contribution in [0.1, 0.15) is 72.5 Å². The average Bonchev–Trinajstić information content (AvgIpc) is 3.35. The summed E-state index contributed by atoms with van der Waals surface area (Å²) < 4.78 is 123. The maximum Gasteiger partial charge on any atom is 0.416 e. The zero-order chi connectivity index (χ0) is 31.7. The van der Waals surface area contributed by atoms with Crippen molar-refractivity contribution in [2.75, 3.05) is 18.0 Å². The van der Waals surface area contributed by atoms with Gasteiger partial charge in [-0.2, -0.15) is 44.3 Å². The predicted molar refractivity (Wildman–Crippen MR) is 140 cm³/mol. The Bertz CT molecular complexity index is 1360. The SMILES string of the molecule is CCC(c1ccc(C(F)(F)F)cc1CN(Cc1cc(C(F)(F)F)cc(C(F)(F)F)c1)c1nnn(C)n1)N1CCC(C)CC1. The monoisotopic (exact) mass is 622 g/mol. The predicted octanol–water partition coefficient (Wildman–Crippen LogP) is 7.66. The van der Waals surface area contributed by atoms with Gasteiger partial charge in [0.25, 0.3) is 5.95 Å². The van der Waals surface area contributed by atoms with Crippen LogP contribution in [0.3, 0.4) is 0 Å². The molecule has 2 aromatic carbocycles. The highest BCUT2D eigenvalue weighted by molar-refractivity contribution is 5.42. The molecule has 0 amide bonds. The number of halogens is 9. The van der Waals surface area contributed by atoms with E-state index in [0.29, 0.717) is 30.0 Å². The molecule has 2 heterocycles. The molecule has 6 nitrogen and oxygen atoms in total. The lowest BCUT2D eigenvalue weighted by atomic mass is 9.91. The number of tetrazole rings is 1. The summed E-state index contributed by atoms with van der Waals surface area (Å²) in [5, 5.41) is 11.6. The quantitative estimate of drug-likeness (QED) is 0.242. The van der Waals surface area contributed by atoms with Crippen LogP contribution >= 0.6 is 0 Å². The zero-order valence-electron chi connectivity index (χ0n) is 23.7. The van der Waals surface area contributed by atoms with Gasteiger partial charge in [-0.1, -0.05) is 25.0 Å². The molecule has 3 aromatic rings. The second-order valence-corrected chi connectivity index (χ2v) is 10.9.